The van der Waals surface area contributed by atoms with Crippen molar-refractivity contribution >= 4 is 19.7 Å². The van der Waals surface area contributed by atoms with E-state index in [1.807, 2.05) is 13.8 Å². The average Bonchev–Trinajstić information content (AvgIpc) is 2.06. The molecule has 1 saturated heterocycles. The predicted molar refractivity (Wildman–Crippen MR) is 43.2 cm³/mol. The van der Waals surface area contributed by atoms with Crippen LogP contribution in [-0.4, -0.2) is 26.9 Å². The molecule has 1 heterocycles. The first-order valence-electron chi connectivity index (χ1n) is 3.35. The van der Waals surface area contributed by atoms with Crippen molar-refractivity contribution in [3.05, 3.63) is 0 Å². The van der Waals surface area contributed by atoms with Crippen molar-refractivity contribution in [1.29, 1.82) is 0 Å². The molecule has 0 aromatic heterocycles. The maximum atomic E-state index is 10.9. The smallest absolute Gasteiger partial charge is 0.238 e. The third kappa shape index (κ3) is 1.86. The summed E-state index contributed by atoms with van der Waals surface area (Å²) in [5, 5.41) is -0.559. The summed E-state index contributed by atoms with van der Waals surface area (Å²) in [5.74, 6) is 0. The monoisotopic (exact) mass is 198 g/mol. The fraction of sp³-hybridized carbons (Fsp3) is 1.00. The molecule has 1 unspecified atom stereocenters. The zero-order chi connectivity index (χ0) is 8.70. The molecule has 0 N–H and O–H groups in total. The Hall–Kier alpha value is 0.200. The first kappa shape index (κ1) is 9.29. The van der Waals surface area contributed by atoms with Gasteiger partial charge in [-0.25, -0.2) is 8.42 Å². The molecule has 1 fully saturated rings. The van der Waals surface area contributed by atoms with Crippen molar-refractivity contribution in [1.82, 2.24) is 0 Å². The van der Waals surface area contributed by atoms with Crippen LogP contribution in [0.5, 0.6) is 0 Å². The first-order valence-corrected chi connectivity index (χ1v) is 5.72. The van der Waals surface area contributed by atoms with Crippen LogP contribution in [0, 0.1) is 5.41 Å². The van der Waals surface area contributed by atoms with Gasteiger partial charge in [-0.15, -0.1) is 0 Å². The van der Waals surface area contributed by atoms with Crippen LogP contribution in [0.2, 0.25) is 0 Å². The molecule has 1 aliphatic rings. The Morgan fingerprint density at radius 2 is 2.09 bits per heavy atom. The van der Waals surface area contributed by atoms with E-state index >= 15 is 0 Å². The van der Waals surface area contributed by atoms with E-state index in [1.165, 1.54) is 0 Å². The Kier molecular flexibility index (Phi) is 2.20. The van der Waals surface area contributed by atoms with E-state index in [9.17, 15) is 8.42 Å². The van der Waals surface area contributed by atoms with Crippen molar-refractivity contribution in [2.75, 3.05) is 13.2 Å². The van der Waals surface area contributed by atoms with E-state index in [0.29, 0.717) is 6.61 Å². The highest BCUT2D eigenvalue weighted by atomic mass is 35.7. The first-order chi connectivity index (χ1) is 4.84. The van der Waals surface area contributed by atoms with Gasteiger partial charge in [0.05, 0.1) is 13.2 Å². The van der Waals surface area contributed by atoms with Gasteiger partial charge in [-0.05, 0) is 0 Å². The SMILES string of the molecule is CC1(C)COCC1S(=O)(=O)Cl. The van der Waals surface area contributed by atoms with Crippen molar-refractivity contribution in [3.8, 4) is 0 Å². The van der Waals surface area contributed by atoms with Crippen LogP contribution < -0.4 is 0 Å². The van der Waals surface area contributed by atoms with Crippen LogP contribution in [0.1, 0.15) is 13.8 Å². The predicted octanol–water partition coefficient (Wildman–Crippen LogP) is 0.980. The van der Waals surface area contributed by atoms with Gasteiger partial charge in [0.25, 0.3) is 0 Å². The third-order valence-corrected chi connectivity index (χ3v) is 4.05. The topological polar surface area (TPSA) is 43.4 Å². The molecule has 1 atom stereocenters. The molecule has 0 spiro atoms. The lowest BCUT2D eigenvalue weighted by Gasteiger charge is -2.20. The molecule has 0 radical (unpaired) electrons. The number of halogens is 1. The van der Waals surface area contributed by atoms with Gasteiger partial charge in [0.2, 0.25) is 9.05 Å². The highest BCUT2D eigenvalue weighted by Crippen LogP contribution is 2.34. The van der Waals surface area contributed by atoms with Crippen molar-refractivity contribution in [2.24, 2.45) is 5.41 Å². The largest absolute Gasteiger partial charge is 0.379 e. The summed E-state index contributed by atoms with van der Waals surface area (Å²) in [7, 11) is 1.75. The van der Waals surface area contributed by atoms with Crippen LogP contribution in [-0.2, 0) is 13.8 Å². The van der Waals surface area contributed by atoms with Gasteiger partial charge in [0.1, 0.15) is 5.25 Å². The molecule has 0 saturated carbocycles. The van der Waals surface area contributed by atoms with Crippen molar-refractivity contribution in [2.45, 2.75) is 19.1 Å². The van der Waals surface area contributed by atoms with Crippen molar-refractivity contribution < 1.29 is 13.2 Å². The zero-order valence-electron chi connectivity index (χ0n) is 6.50. The number of ether oxygens (including phenoxy) is 1. The number of hydrogen-bond acceptors (Lipinski definition) is 3. The van der Waals surface area contributed by atoms with Gasteiger partial charge in [-0.1, -0.05) is 13.8 Å². The van der Waals surface area contributed by atoms with Gasteiger partial charge < -0.3 is 4.74 Å². The van der Waals surface area contributed by atoms with Crippen LogP contribution >= 0.6 is 10.7 Å². The van der Waals surface area contributed by atoms with Crippen LogP contribution in [0.4, 0.5) is 0 Å². The second-order valence-electron chi connectivity index (χ2n) is 3.47. The van der Waals surface area contributed by atoms with E-state index in [4.69, 9.17) is 15.4 Å². The van der Waals surface area contributed by atoms with Gasteiger partial charge >= 0.3 is 0 Å². The fourth-order valence-corrected chi connectivity index (χ4v) is 3.18. The highest BCUT2D eigenvalue weighted by molar-refractivity contribution is 8.14. The molecular formula is C6H11ClO3S. The zero-order valence-corrected chi connectivity index (χ0v) is 8.07. The van der Waals surface area contributed by atoms with E-state index in [-0.39, 0.29) is 12.0 Å². The summed E-state index contributed by atoms with van der Waals surface area (Å²) in [6, 6.07) is 0. The van der Waals surface area contributed by atoms with Crippen LogP contribution in [0.3, 0.4) is 0 Å². The lowest BCUT2D eigenvalue weighted by Crippen LogP contribution is -2.32. The second kappa shape index (κ2) is 2.61. The minimum atomic E-state index is -3.46. The normalized spacial score (nSPS) is 30.6. The molecule has 11 heavy (non-hydrogen) atoms. The summed E-state index contributed by atoms with van der Waals surface area (Å²) in [6.45, 7) is 4.36. The Bertz CT molecular complexity index is 245. The van der Waals surface area contributed by atoms with E-state index < -0.39 is 14.3 Å². The molecule has 0 aliphatic carbocycles. The molecular weight excluding hydrogens is 188 g/mol. The lowest BCUT2D eigenvalue weighted by atomic mass is 9.93. The Labute approximate surface area is 71.1 Å². The molecule has 0 bridgehead atoms. The van der Waals surface area contributed by atoms with Gasteiger partial charge in [-0.2, -0.15) is 0 Å². The Balaban J connectivity index is 2.91. The van der Waals surface area contributed by atoms with Gasteiger partial charge in [-0.3, -0.25) is 0 Å². The second-order valence-corrected chi connectivity index (χ2v) is 6.28. The minimum Gasteiger partial charge on any atom is -0.379 e. The van der Waals surface area contributed by atoms with E-state index in [0.717, 1.165) is 0 Å². The summed E-state index contributed by atoms with van der Waals surface area (Å²) >= 11 is 0. The van der Waals surface area contributed by atoms with E-state index in [1.54, 1.807) is 0 Å². The summed E-state index contributed by atoms with van der Waals surface area (Å²) in [5.41, 5.74) is -0.347. The molecule has 1 rings (SSSR count). The lowest BCUT2D eigenvalue weighted by molar-refractivity contribution is 0.167. The summed E-state index contributed by atoms with van der Waals surface area (Å²) < 4.78 is 26.9. The third-order valence-electron chi connectivity index (χ3n) is 1.95. The van der Waals surface area contributed by atoms with Crippen LogP contribution in [0.15, 0.2) is 0 Å². The standard InChI is InChI=1S/C6H11ClO3S/c1-6(2)4-10-3-5(6)11(7,8)9/h5H,3-4H2,1-2H3. The maximum absolute atomic E-state index is 10.9. The Morgan fingerprint density at radius 1 is 1.55 bits per heavy atom. The van der Waals surface area contributed by atoms with E-state index in [2.05, 4.69) is 0 Å². The fourth-order valence-electron chi connectivity index (χ4n) is 1.21. The van der Waals surface area contributed by atoms with Crippen molar-refractivity contribution in [3.63, 3.8) is 0 Å². The molecule has 0 aromatic carbocycles. The molecule has 1 aliphatic heterocycles. The molecule has 0 aromatic rings. The minimum absolute atomic E-state index is 0.221. The van der Waals surface area contributed by atoms with Crippen LogP contribution in [0.25, 0.3) is 0 Å². The Morgan fingerprint density at radius 3 is 2.27 bits per heavy atom. The summed E-state index contributed by atoms with van der Waals surface area (Å²) in [4.78, 5) is 0. The molecule has 0 amide bonds. The molecule has 5 heteroatoms. The summed E-state index contributed by atoms with van der Waals surface area (Å²) in [6.07, 6.45) is 0. The number of hydrogen-bond donors (Lipinski definition) is 0. The van der Waals surface area contributed by atoms with Gasteiger partial charge in [0, 0.05) is 16.1 Å². The highest BCUT2D eigenvalue weighted by Gasteiger charge is 2.43. The average molecular weight is 199 g/mol. The van der Waals surface area contributed by atoms with Gasteiger partial charge in [0.15, 0.2) is 0 Å². The molecule has 3 nitrogen and oxygen atoms in total. The number of rotatable bonds is 1. The maximum Gasteiger partial charge on any atom is 0.238 e. The quantitative estimate of drug-likeness (QED) is 0.590. The molecule has 66 valence electrons.